The predicted octanol–water partition coefficient (Wildman–Crippen LogP) is 0.413. The second-order valence-electron chi connectivity index (χ2n) is 6.67. The number of carbonyl (C=O) groups excluding carboxylic acids is 1. The SMILES string of the molecule is CO[C@H]1[C@@H](O[P+](=O)[O-])[C@H](n2c(=O)sc3c(NC(=O)c4ccccc4)ncnc32)O[C@@H]1CO. The molecule has 4 rings (SSSR count). The van der Waals surface area contributed by atoms with Crippen LogP contribution < -0.4 is 15.1 Å². The van der Waals surface area contributed by atoms with Gasteiger partial charge in [-0.1, -0.05) is 29.5 Å². The number of amides is 1. The van der Waals surface area contributed by atoms with Crippen LogP contribution in [0, 0.1) is 0 Å². The number of rotatable bonds is 7. The summed E-state index contributed by atoms with van der Waals surface area (Å²) < 4.78 is 28.6. The van der Waals surface area contributed by atoms with Gasteiger partial charge in [-0.2, -0.15) is 0 Å². The van der Waals surface area contributed by atoms with E-state index in [0.29, 0.717) is 5.56 Å². The summed E-state index contributed by atoms with van der Waals surface area (Å²) >= 11 is 0.746. The Labute approximate surface area is 185 Å². The maximum Gasteiger partial charge on any atom is 0.489 e. The highest BCUT2D eigenvalue weighted by Gasteiger charge is 2.51. The lowest BCUT2D eigenvalue weighted by Crippen LogP contribution is -2.37. The Bertz CT molecular complexity index is 1200. The molecule has 32 heavy (non-hydrogen) atoms. The fourth-order valence-corrected chi connectivity index (χ4v) is 4.82. The van der Waals surface area contributed by atoms with Crippen LogP contribution in [0.2, 0.25) is 0 Å². The molecule has 2 N–H and O–H groups in total. The van der Waals surface area contributed by atoms with Crippen molar-refractivity contribution in [1.29, 1.82) is 0 Å². The normalized spacial score (nSPS) is 23.4. The lowest BCUT2D eigenvalue weighted by atomic mass is 10.1. The first-order chi connectivity index (χ1) is 15.4. The van der Waals surface area contributed by atoms with Gasteiger partial charge in [0.25, 0.3) is 5.91 Å². The minimum absolute atomic E-state index is 0.103. The second kappa shape index (κ2) is 9.46. The number of thiazole rings is 1. The minimum Gasteiger partial charge on any atom is -0.566 e. The van der Waals surface area contributed by atoms with Crippen LogP contribution in [0.1, 0.15) is 16.6 Å². The quantitative estimate of drug-likeness (QED) is 0.453. The number of nitrogens with zero attached hydrogens (tertiary/aromatic N) is 3. The second-order valence-corrected chi connectivity index (χ2v) is 8.29. The first kappa shape index (κ1) is 22.6. The Balaban J connectivity index is 1.75. The van der Waals surface area contributed by atoms with Crippen LogP contribution in [0.15, 0.2) is 41.5 Å². The predicted molar refractivity (Wildman–Crippen MR) is 110 cm³/mol. The van der Waals surface area contributed by atoms with Crippen molar-refractivity contribution in [2.75, 3.05) is 19.0 Å². The van der Waals surface area contributed by atoms with Gasteiger partial charge in [-0.05, 0) is 16.7 Å². The molecular weight excluding hydrogens is 463 g/mol. The Morgan fingerprint density at radius 2 is 2.09 bits per heavy atom. The van der Waals surface area contributed by atoms with E-state index in [2.05, 4.69) is 15.3 Å². The smallest absolute Gasteiger partial charge is 0.489 e. The standard InChI is InChI=1S/C18H17N4O8PS/c1-28-11-10(7-23)29-17(12(11)30-31(26)27)22-15-13(32-18(22)25)14(19-8-20-15)21-16(24)9-5-3-2-4-6-9/h2-6,8,10-12,17,23H,7H2,1H3,(H,19,20,21,24)/t10-,11-,12-,17-/m1/s1. The molecule has 5 atom stereocenters. The van der Waals surface area contributed by atoms with Crippen molar-refractivity contribution in [1.82, 2.24) is 14.5 Å². The highest BCUT2D eigenvalue weighted by atomic mass is 32.1. The van der Waals surface area contributed by atoms with E-state index >= 15 is 0 Å². The van der Waals surface area contributed by atoms with Crippen LogP contribution in [0.25, 0.3) is 10.3 Å². The van der Waals surface area contributed by atoms with E-state index in [1.807, 2.05) is 0 Å². The number of anilines is 1. The molecular formula is C18H17N4O8PS. The summed E-state index contributed by atoms with van der Waals surface area (Å²) in [5, 5.41) is 12.2. The third-order valence-corrected chi connectivity index (χ3v) is 6.23. The summed E-state index contributed by atoms with van der Waals surface area (Å²) in [5.41, 5.74) is 0.498. The average molecular weight is 480 g/mol. The number of aliphatic hydroxyl groups is 1. The van der Waals surface area contributed by atoms with Crippen LogP contribution in [0.4, 0.5) is 5.82 Å². The zero-order valence-electron chi connectivity index (χ0n) is 16.5. The molecule has 0 aliphatic carbocycles. The number of aliphatic hydroxyl groups excluding tert-OH is 1. The highest BCUT2D eigenvalue weighted by molar-refractivity contribution is 7.30. The van der Waals surface area contributed by atoms with Crippen molar-refractivity contribution in [2.45, 2.75) is 24.5 Å². The number of methoxy groups -OCH3 is 1. The van der Waals surface area contributed by atoms with Gasteiger partial charge < -0.3 is 24.8 Å². The zero-order chi connectivity index (χ0) is 22.8. The molecule has 1 saturated heterocycles. The molecule has 1 aromatic carbocycles. The van der Waals surface area contributed by atoms with Gasteiger partial charge in [-0.3, -0.25) is 14.2 Å². The van der Waals surface area contributed by atoms with Gasteiger partial charge in [0.2, 0.25) is 0 Å². The molecule has 0 radical (unpaired) electrons. The Morgan fingerprint density at radius 3 is 2.75 bits per heavy atom. The average Bonchev–Trinajstić information content (AvgIpc) is 3.30. The fraction of sp³-hybridized carbons (Fsp3) is 0.333. The summed E-state index contributed by atoms with van der Waals surface area (Å²) in [6.45, 7) is -0.491. The van der Waals surface area contributed by atoms with Crippen LogP contribution >= 0.6 is 19.6 Å². The molecule has 1 aliphatic rings. The lowest BCUT2D eigenvalue weighted by molar-refractivity contribution is -0.195. The Kier molecular flexibility index (Phi) is 6.67. The van der Waals surface area contributed by atoms with Gasteiger partial charge in [0, 0.05) is 12.7 Å². The van der Waals surface area contributed by atoms with E-state index in [-0.39, 0.29) is 16.2 Å². The number of fused-ring (bicyclic) bond motifs is 1. The van der Waals surface area contributed by atoms with Crippen LogP contribution in [-0.2, 0) is 18.6 Å². The van der Waals surface area contributed by atoms with Gasteiger partial charge in [-0.15, -0.1) is 4.52 Å². The molecule has 0 spiro atoms. The number of aromatic nitrogens is 3. The lowest BCUT2D eigenvalue weighted by Gasteiger charge is -2.18. The van der Waals surface area contributed by atoms with Crippen LogP contribution in [0.3, 0.4) is 0 Å². The molecule has 1 unspecified atom stereocenters. The van der Waals surface area contributed by atoms with Gasteiger partial charge >= 0.3 is 13.1 Å². The zero-order valence-corrected chi connectivity index (χ0v) is 18.2. The van der Waals surface area contributed by atoms with Gasteiger partial charge in [-0.25, -0.2) is 9.97 Å². The first-order valence-corrected chi connectivity index (χ1v) is 11.2. The summed E-state index contributed by atoms with van der Waals surface area (Å²) in [4.78, 5) is 44.3. The molecule has 0 saturated carbocycles. The van der Waals surface area contributed by atoms with Crippen molar-refractivity contribution >= 4 is 41.7 Å². The minimum atomic E-state index is -3.31. The Morgan fingerprint density at radius 1 is 1.34 bits per heavy atom. The summed E-state index contributed by atoms with van der Waals surface area (Å²) in [6, 6.07) is 8.44. The molecule has 168 valence electrons. The number of benzene rings is 1. The molecule has 12 nitrogen and oxygen atoms in total. The van der Waals surface area contributed by atoms with Crippen molar-refractivity contribution in [3.05, 3.63) is 51.9 Å². The fourth-order valence-electron chi connectivity index (χ4n) is 3.50. The van der Waals surface area contributed by atoms with Crippen LogP contribution in [-0.4, -0.2) is 57.6 Å². The summed E-state index contributed by atoms with van der Waals surface area (Å²) in [6.07, 6.45) is -3.24. The number of ether oxygens (including phenoxy) is 2. The molecule has 1 amide bonds. The van der Waals surface area contributed by atoms with Crippen molar-refractivity contribution in [2.24, 2.45) is 0 Å². The van der Waals surface area contributed by atoms with E-state index in [9.17, 15) is 24.2 Å². The maximum absolute atomic E-state index is 12.9. The van der Waals surface area contributed by atoms with Gasteiger partial charge in [0.1, 0.15) is 23.2 Å². The summed E-state index contributed by atoms with van der Waals surface area (Å²) in [5.74, 6) is -0.323. The molecule has 1 aliphatic heterocycles. The molecule has 3 aromatic rings. The van der Waals surface area contributed by atoms with Crippen molar-refractivity contribution in [3.8, 4) is 0 Å². The molecule has 2 aromatic heterocycles. The maximum atomic E-state index is 12.9. The van der Waals surface area contributed by atoms with Gasteiger partial charge in [0.05, 0.1) is 6.61 Å². The van der Waals surface area contributed by atoms with Gasteiger partial charge in [0.15, 0.2) is 23.8 Å². The monoisotopic (exact) mass is 480 g/mol. The molecule has 3 heterocycles. The number of hydrogen-bond donors (Lipinski definition) is 2. The molecule has 0 bridgehead atoms. The third kappa shape index (κ3) is 4.19. The van der Waals surface area contributed by atoms with Crippen molar-refractivity contribution < 1.29 is 33.4 Å². The Hall–Kier alpha value is -2.64. The van der Waals surface area contributed by atoms with E-state index in [1.54, 1.807) is 30.3 Å². The number of carbonyl (C=O) groups is 1. The summed E-state index contributed by atoms with van der Waals surface area (Å²) in [7, 11) is -2.00. The van der Waals surface area contributed by atoms with E-state index in [4.69, 9.17) is 14.0 Å². The van der Waals surface area contributed by atoms with Crippen molar-refractivity contribution in [3.63, 3.8) is 0 Å². The van der Waals surface area contributed by atoms with E-state index in [1.165, 1.54) is 7.11 Å². The first-order valence-electron chi connectivity index (χ1n) is 9.27. The van der Waals surface area contributed by atoms with E-state index < -0.39 is 50.2 Å². The largest absolute Gasteiger partial charge is 0.566 e. The number of nitrogens with one attached hydrogen (secondary N) is 1. The van der Waals surface area contributed by atoms with E-state index in [0.717, 1.165) is 22.2 Å². The topological polar surface area (TPSA) is 165 Å². The molecule has 14 heteroatoms. The third-order valence-electron chi connectivity index (χ3n) is 4.87. The van der Waals surface area contributed by atoms with Crippen LogP contribution in [0.5, 0.6) is 0 Å². The number of hydrogen-bond acceptors (Lipinski definition) is 11. The molecule has 1 fully saturated rings. The highest BCUT2D eigenvalue weighted by Crippen LogP contribution is 2.38.